The van der Waals surface area contributed by atoms with E-state index in [0.717, 1.165) is 27.9 Å². The van der Waals surface area contributed by atoms with Crippen molar-refractivity contribution in [3.63, 3.8) is 0 Å². The fraction of sp³-hybridized carbons (Fsp3) is 0.0769. The molecule has 0 bridgehead atoms. The Labute approximate surface area is 216 Å². The summed E-state index contributed by atoms with van der Waals surface area (Å²) in [4.78, 5) is 41.4. The van der Waals surface area contributed by atoms with Crippen LogP contribution in [-0.4, -0.2) is 27.1 Å². The normalized spacial score (nSPS) is 17.3. The first-order valence-corrected chi connectivity index (χ1v) is 12.3. The van der Waals surface area contributed by atoms with Crippen molar-refractivity contribution in [3.05, 3.63) is 105 Å². The first kappa shape index (κ1) is 23.3. The summed E-state index contributed by atoms with van der Waals surface area (Å²) in [6, 6.07) is 21.5. The van der Waals surface area contributed by atoms with E-state index < -0.39 is 11.8 Å². The molecule has 3 aromatic carbocycles. The summed E-state index contributed by atoms with van der Waals surface area (Å²) in [5.41, 5.74) is 6.34. The van der Waals surface area contributed by atoms with Gasteiger partial charge in [0.2, 0.25) is 0 Å². The van der Waals surface area contributed by atoms with E-state index in [1.165, 1.54) is 0 Å². The molecule has 3 amide bonds. The molecule has 1 fully saturated rings. The standard InChI is InChI=1S/C26H18ClN3O3S2/c1-15-10-12-16(13-11-15)23(31)28-30-25(33)22(35-26(30)34)21-18-7-3-5-9-20(18)29(24(21)32)14-17-6-2-4-8-19(17)27/h2-13H,14H2,1H3,(H,28,31)/b22-21-. The van der Waals surface area contributed by atoms with Gasteiger partial charge >= 0.3 is 0 Å². The van der Waals surface area contributed by atoms with Gasteiger partial charge in [-0.2, -0.15) is 5.01 Å². The largest absolute Gasteiger partial charge is 0.303 e. The van der Waals surface area contributed by atoms with E-state index >= 15 is 0 Å². The molecule has 1 N–H and O–H groups in total. The van der Waals surface area contributed by atoms with Gasteiger partial charge in [-0.1, -0.05) is 77.5 Å². The topological polar surface area (TPSA) is 69.7 Å². The van der Waals surface area contributed by atoms with Crippen molar-refractivity contribution in [1.29, 1.82) is 0 Å². The van der Waals surface area contributed by atoms with Crippen molar-refractivity contribution >= 4 is 68.9 Å². The van der Waals surface area contributed by atoms with Crippen LogP contribution in [0.2, 0.25) is 5.02 Å². The minimum absolute atomic E-state index is 0.146. The van der Waals surface area contributed by atoms with E-state index in [1.807, 2.05) is 55.5 Å². The highest BCUT2D eigenvalue weighted by Gasteiger charge is 2.42. The maximum Gasteiger partial charge on any atom is 0.286 e. The van der Waals surface area contributed by atoms with Gasteiger partial charge in [0, 0.05) is 16.1 Å². The Kier molecular flexibility index (Phi) is 6.19. The molecule has 9 heteroatoms. The summed E-state index contributed by atoms with van der Waals surface area (Å²) in [6.07, 6.45) is 0. The van der Waals surface area contributed by atoms with Crippen molar-refractivity contribution in [1.82, 2.24) is 10.4 Å². The van der Waals surface area contributed by atoms with E-state index in [-0.39, 0.29) is 27.3 Å². The number of hydrazine groups is 1. The molecule has 0 atom stereocenters. The van der Waals surface area contributed by atoms with E-state index in [2.05, 4.69) is 5.43 Å². The van der Waals surface area contributed by atoms with Crippen LogP contribution in [0.15, 0.2) is 77.7 Å². The number of aryl methyl sites for hydroxylation is 1. The summed E-state index contributed by atoms with van der Waals surface area (Å²) < 4.78 is 0.146. The van der Waals surface area contributed by atoms with Crippen LogP contribution < -0.4 is 10.3 Å². The zero-order valence-corrected chi connectivity index (χ0v) is 20.8. The number of amides is 3. The fourth-order valence-corrected chi connectivity index (χ4v) is 5.39. The molecule has 5 rings (SSSR count). The molecule has 174 valence electrons. The number of hydrogen-bond donors (Lipinski definition) is 1. The van der Waals surface area contributed by atoms with Gasteiger partial charge in [-0.3, -0.25) is 19.8 Å². The fourth-order valence-electron chi connectivity index (χ4n) is 3.94. The number of rotatable bonds is 4. The summed E-state index contributed by atoms with van der Waals surface area (Å²) in [7, 11) is 0. The van der Waals surface area contributed by atoms with Crippen LogP contribution in [0.1, 0.15) is 27.0 Å². The molecule has 2 heterocycles. The van der Waals surface area contributed by atoms with Gasteiger partial charge in [-0.15, -0.1) is 0 Å². The lowest BCUT2D eigenvalue weighted by Gasteiger charge is -2.18. The van der Waals surface area contributed by atoms with Crippen LogP contribution in [-0.2, 0) is 16.1 Å². The van der Waals surface area contributed by atoms with Gasteiger partial charge in [0.1, 0.15) is 0 Å². The minimum atomic E-state index is -0.543. The molecule has 3 aromatic rings. The third-order valence-corrected chi connectivity index (χ3v) is 7.47. The molecule has 0 aliphatic carbocycles. The number of fused-ring (bicyclic) bond motifs is 1. The second-order valence-corrected chi connectivity index (χ2v) is 10.1. The number of halogens is 1. The monoisotopic (exact) mass is 519 g/mol. The average molecular weight is 520 g/mol. The number of thiocarbonyl (C=S) groups is 1. The number of benzene rings is 3. The van der Waals surface area contributed by atoms with Gasteiger partial charge < -0.3 is 4.90 Å². The maximum absolute atomic E-state index is 13.6. The van der Waals surface area contributed by atoms with Gasteiger partial charge in [-0.05, 0) is 49.0 Å². The smallest absolute Gasteiger partial charge is 0.286 e. The highest BCUT2D eigenvalue weighted by Crippen LogP contribution is 2.44. The Hall–Kier alpha value is -3.46. The molecule has 0 spiro atoms. The summed E-state index contributed by atoms with van der Waals surface area (Å²) >= 11 is 12.7. The molecule has 0 unspecified atom stereocenters. The SMILES string of the molecule is Cc1ccc(C(=O)NN2C(=O)/C(=C3/C(=O)N(Cc4ccccc4Cl)c4ccccc43)SC2=S)cc1. The zero-order chi connectivity index (χ0) is 24.7. The van der Waals surface area contributed by atoms with Crippen LogP contribution >= 0.6 is 35.6 Å². The highest BCUT2D eigenvalue weighted by atomic mass is 35.5. The Morgan fingerprint density at radius 1 is 0.971 bits per heavy atom. The van der Waals surface area contributed by atoms with Crippen molar-refractivity contribution in [3.8, 4) is 0 Å². The average Bonchev–Trinajstić information content (AvgIpc) is 3.28. The number of carbonyl (C=O) groups excluding carboxylic acids is 3. The lowest BCUT2D eigenvalue weighted by atomic mass is 10.1. The molecular weight excluding hydrogens is 502 g/mol. The van der Waals surface area contributed by atoms with Gasteiger partial charge in [0.05, 0.1) is 22.7 Å². The summed E-state index contributed by atoms with van der Waals surface area (Å²) in [6.45, 7) is 2.17. The van der Waals surface area contributed by atoms with Crippen molar-refractivity contribution in [2.45, 2.75) is 13.5 Å². The third-order valence-electron chi connectivity index (χ3n) is 5.73. The molecule has 0 aromatic heterocycles. The molecular formula is C26H18ClN3O3S2. The summed E-state index contributed by atoms with van der Waals surface area (Å²) in [5.74, 6) is -1.33. The first-order valence-electron chi connectivity index (χ1n) is 10.7. The highest BCUT2D eigenvalue weighted by molar-refractivity contribution is 8.26. The van der Waals surface area contributed by atoms with Gasteiger partial charge in [0.15, 0.2) is 4.32 Å². The number of anilines is 1. The predicted molar refractivity (Wildman–Crippen MR) is 142 cm³/mol. The molecule has 6 nitrogen and oxygen atoms in total. The lowest BCUT2D eigenvalue weighted by Crippen LogP contribution is -2.45. The van der Waals surface area contributed by atoms with E-state index in [1.54, 1.807) is 29.2 Å². The van der Waals surface area contributed by atoms with E-state index in [0.29, 0.717) is 21.8 Å². The molecule has 2 aliphatic heterocycles. The quantitative estimate of drug-likeness (QED) is 0.383. The van der Waals surface area contributed by atoms with Crippen LogP contribution in [0.25, 0.3) is 5.57 Å². The maximum atomic E-state index is 13.6. The van der Waals surface area contributed by atoms with Crippen LogP contribution in [0, 0.1) is 6.92 Å². The predicted octanol–water partition coefficient (Wildman–Crippen LogP) is 5.11. The number of thioether (sulfide) groups is 1. The zero-order valence-electron chi connectivity index (χ0n) is 18.4. The van der Waals surface area contributed by atoms with Gasteiger partial charge in [0.25, 0.3) is 17.7 Å². The lowest BCUT2D eigenvalue weighted by molar-refractivity contribution is -0.124. The van der Waals surface area contributed by atoms with Crippen molar-refractivity contribution < 1.29 is 14.4 Å². The number of para-hydroxylation sites is 1. The molecule has 0 saturated carbocycles. The minimum Gasteiger partial charge on any atom is -0.303 e. The van der Waals surface area contributed by atoms with Crippen LogP contribution in [0.3, 0.4) is 0 Å². The van der Waals surface area contributed by atoms with E-state index in [4.69, 9.17) is 23.8 Å². The summed E-state index contributed by atoms with van der Waals surface area (Å²) in [5, 5.41) is 1.58. The first-order chi connectivity index (χ1) is 16.8. The van der Waals surface area contributed by atoms with E-state index in [9.17, 15) is 14.4 Å². The number of carbonyl (C=O) groups is 3. The molecule has 2 aliphatic rings. The van der Waals surface area contributed by atoms with Crippen LogP contribution in [0.4, 0.5) is 5.69 Å². The third kappa shape index (κ3) is 4.25. The molecule has 1 saturated heterocycles. The number of nitrogens with zero attached hydrogens (tertiary/aromatic N) is 2. The molecule has 0 radical (unpaired) electrons. The Bertz CT molecular complexity index is 1440. The number of nitrogens with one attached hydrogen (secondary N) is 1. The Morgan fingerprint density at radius 2 is 1.66 bits per heavy atom. The molecule has 35 heavy (non-hydrogen) atoms. The Morgan fingerprint density at radius 3 is 2.40 bits per heavy atom. The Balaban J connectivity index is 1.48. The second-order valence-electron chi connectivity index (χ2n) is 8.02. The van der Waals surface area contributed by atoms with Gasteiger partial charge in [-0.25, -0.2) is 0 Å². The van der Waals surface area contributed by atoms with Crippen LogP contribution in [0.5, 0.6) is 0 Å². The van der Waals surface area contributed by atoms with Crippen molar-refractivity contribution in [2.75, 3.05) is 4.90 Å². The number of hydrogen-bond acceptors (Lipinski definition) is 5. The van der Waals surface area contributed by atoms with Crippen molar-refractivity contribution in [2.24, 2.45) is 0 Å². The second kappa shape index (κ2) is 9.30.